The molecule has 0 saturated carbocycles. The van der Waals surface area contributed by atoms with Gasteiger partial charge in [-0.15, -0.1) is 0 Å². The second-order valence-corrected chi connectivity index (χ2v) is 8.27. The zero-order chi connectivity index (χ0) is 20.3. The van der Waals surface area contributed by atoms with E-state index in [2.05, 4.69) is 10.0 Å². The Labute approximate surface area is 167 Å². The SMILES string of the molecule is COCC(C)NS(=O)(=O)c1ccc(NC(=O)c2cc(Cl)c3c(c2)OCO3)cc1. The Bertz CT molecular complexity index is 978. The molecule has 1 aliphatic heterocycles. The van der Waals surface area contributed by atoms with E-state index in [9.17, 15) is 13.2 Å². The molecule has 2 N–H and O–H groups in total. The van der Waals surface area contributed by atoms with Crippen LogP contribution in [0.4, 0.5) is 5.69 Å². The number of carbonyl (C=O) groups is 1. The number of sulfonamides is 1. The van der Waals surface area contributed by atoms with Gasteiger partial charge in [-0.1, -0.05) is 11.6 Å². The van der Waals surface area contributed by atoms with Crippen LogP contribution < -0.4 is 19.5 Å². The summed E-state index contributed by atoms with van der Waals surface area (Å²) in [6.07, 6.45) is 0. The molecule has 2 aromatic carbocycles. The van der Waals surface area contributed by atoms with E-state index in [-0.39, 0.29) is 29.4 Å². The monoisotopic (exact) mass is 426 g/mol. The van der Waals surface area contributed by atoms with E-state index in [0.29, 0.717) is 22.7 Å². The van der Waals surface area contributed by atoms with Crippen molar-refractivity contribution < 1.29 is 27.4 Å². The largest absolute Gasteiger partial charge is 0.454 e. The van der Waals surface area contributed by atoms with E-state index in [1.165, 1.54) is 43.5 Å². The molecule has 3 rings (SSSR count). The summed E-state index contributed by atoms with van der Waals surface area (Å²) in [5, 5.41) is 2.96. The third-order valence-corrected chi connectivity index (χ3v) is 5.77. The number of hydrogen-bond acceptors (Lipinski definition) is 6. The number of ether oxygens (including phenoxy) is 3. The Morgan fingerprint density at radius 3 is 2.64 bits per heavy atom. The Balaban J connectivity index is 1.71. The lowest BCUT2D eigenvalue weighted by atomic mass is 10.2. The van der Waals surface area contributed by atoms with Crippen LogP contribution in [0.25, 0.3) is 0 Å². The molecule has 1 unspecified atom stereocenters. The van der Waals surface area contributed by atoms with Gasteiger partial charge >= 0.3 is 0 Å². The summed E-state index contributed by atoms with van der Waals surface area (Å²) in [4.78, 5) is 12.5. The zero-order valence-electron chi connectivity index (χ0n) is 15.2. The Hall–Kier alpha value is -2.33. The van der Waals surface area contributed by atoms with Crippen molar-refractivity contribution in [3.05, 3.63) is 47.0 Å². The van der Waals surface area contributed by atoms with E-state index in [1.807, 2.05) is 0 Å². The van der Waals surface area contributed by atoms with E-state index >= 15 is 0 Å². The van der Waals surface area contributed by atoms with Gasteiger partial charge in [0.15, 0.2) is 11.5 Å². The number of benzene rings is 2. The lowest BCUT2D eigenvalue weighted by Gasteiger charge is -2.13. The molecule has 2 aromatic rings. The van der Waals surface area contributed by atoms with E-state index < -0.39 is 15.9 Å². The Kier molecular flexibility index (Phi) is 6.09. The van der Waals surface area contributed by atoms with Gasteiger partial charge in [-0.05, 0) is 43.3 Å². The molecule has 150 valence electrons. The second kappa shape index (κ2) is 8.36. The summed E-state index contributed by atoms with van der Waals surface area (Å²) in [6, 6.07) is 8.46. The summed E-state index contributed by atoms with van der Waals surface area (Å²) in [5.41, 5.74) is 0.726. The number of rotatable bonds is 7. The van der Waals surface area contributed by atoms with Gasteiger partial charge < -0.3 is 19.5 Å². The number of fused-ring (bicyclic) bond motifs is 1. The summed E-state index contributed by atoms with van der Waals surface area (Å²) in [5.74, 6) is 0.390. The topological polar surface area (TPSA) is 103 Å². The lowest BCUT2D eigenvalue weighted by Crippen LogP contribution is -2.35. The predicted molar refractivity (Wildman–Crippen MR) is 104 cm³/mol. The standard InChI is InChI=1S/C18H19ClN2O6S/c1-11(9-25-2)21-28(23,24)14-5-3-13(4-6-14)20-18(22)12-7-15(19)17-16(8-12)26-10-27-17/h3-8,11,21H,9-10H2,1-2H3,(H,20,22). The van der Waals surface area contributed by atoms with Crippen LogP contribution in [0.1, 0.15) is 17.3 Å². The normalized spacial score (nSPS) is 14.0. The number of amides is 1. The van der Waals surface area contributed by atoms with Crippen LogP contribution in [0, 0.1) is 0 Å². The van der Waals surface area contributed by atoms with Gasteiger partial charge in [0, 0.05) is 24.4 Å². The molecule has 28 heavy (non-hydrogen) atoms. The average molecular weight is 427 g/mol. The third kappa shape index (κ3) is 4.56. The van der Waals surface area contributed by atoms with Crippen molar-refractivity contribution in [1.82, 2.24) is 4.72 Å². The molecule has 1 amide bonds. The molecule has 0 fully saturated rings. The van der Waals surface area contributed by atoms with Gasteiger partial charge in [0.05, 0.1) is 16.5 Å². The minimum absolute atomic E-state index is 0.0487. The number of anilines is 1. The lowest BCUT2D eigenvalue weighted by molar-refractivity contribution is 0.102. The summed E-state index contributed by atoms with van der Waals surface area (Å²) in [7, 11) is -2.19. The van der Waals surface area contributed by atoms with Crippen molar-refractivity contribution in [3.63, 3.8) is 0 Å². The summed E-state index contributed by atoms with van der Waals surface area (Å²) in [6.45, 7) is 2.00. The van der Waals surface area contributed by atoms with Gasteiger partial charge in [-0.2, -0.15) is 0 Å². The molecule has 1 heterocycles. The molecule has 1 aliphatic rings. The second-order valence-electron chi connectivity index (χ2n) is 6.15. The van der Waals surface area contributed by atoms with Gasteiger partial charge in [0.25, 0.3) is 5.91 Å². The fourth-order valence-electron chi connectivity index (χ4n) is 2.64. The molecule has 1 atom stereocenters. The highest BCUT2D eigenvalue weighted by molar-refractivity contribution is 7.89. The predicted octanol–water partition coefficient (Wildman–Crippen LogP) is 2.63. The van der Waals surface area contributed by atoms with Crippen LogP contribution in [-0.4, -0.2) is 40.9 Å². The van der Waals surface area contributed by atoms with E-state index in [4.69, 9.17) is 25.8 Å². The van der Waals surface area contributed by atoms with Crippen LogP contribution in [-0.2, 0) is 14.8 Å². The maximum Gasteiger partial charge on any atom is 0.255 e. The molecule has 0 radical (unpaired) electrons. The molecule has 0 aromatic heterocycles. The third-order valence-electron chi connectivity index (χ3n) is 3.88. The zero-order valence-corrected chi connectivity index (χ0v) is 16.8. The highest BCUT2D eigenvalue weighted by Gasteiger charge is 2.21. The fourth-order valence-corrected chi connectivity index (χ4v) is 4.13. The first-order valence-electron chi connectivity index (χ1n) is 8.32. The summed E-state index contributed by atoms with van der Waals surface area (Å²) >= 11 is 6.09. The van der Waals surface area contributed by atoms with Gasteiger partial charge in [0.1, 0.15) is 0 Å². The van der Waals surface area contributed by atoms with Crippen LogP contribution >= 0.6 is 11.6 Å². The molecule has 0 aliphatic carbocycles. The first kappa shape index (κ1) is 20.4. The van der Waals surface area contributed by atoms with Crippen molar-refractivity contribution in [2.75, 3.05) is 25.8 Å². The van der Waals surface area contributed by atoms with Crippen LogP contribution in [0.2, 0.25) is 5.02 Å². The maximum absolute atomic E-state index is 12.5. The molecule has 0 bridgehead atoms. The minimum atomic E-state index is -3.68. The Morgan fingerprint density at radius 1 is 1.25 bits per heavy atom. The number of carbonyl (C=O) groups excluding carboxylic acids is 1. The van der Waals surface area contributed by atoms with E-state index in [0.717, 1.165) is 0 Å². The smallest absolute Gasteiger partial charge is 0.255 e. The van der Waals surface area contributed by atoms with Crippen LogP contribution in [0.5, 0.6) is 11.5 Å². The van der Waals surface area contributed by atoms with Crippen molar-refractivity contribution in [2.45, 2.75) is 17.9 Å². The van der Waals surface area contributed by atoms with Crippen LogP contribution in [0.15, 0.2) is 41.3 Å². The van der Waals surface area contributed by atoms with E-state index in [1.54, 1.807) is 6.92 Å². The molecular formula is C18H19ClN2O6S. The average Bonchev–Trinajstić information content (AvgIpc) is 3.11. The molecule has 0 spiro atoms. The first-order chi connectivity index (χ1) is 13.3. The van der Waals surface area contributed by atoms with Crippen LogP contribution in [0.3, 0.4) is 0 Å². The quantitative estimate of drug-likeness (QED) is 0.705. The van der Waals surface area contributed by atoms with Gasteiger partial charge in [-0.25, -0.2) is 13.1 Å². The van der Waals surface area contributed by atoms with Crippen molar-refractivity contribution >= 4 is 33.2 Å². The highest BCUT2D eigenvalue weighted by atomic mass is 35.5. The van der Waals surface area contributed by atoms with Crippen molar-refractivity contribution in [1.29, 1.82) is 0 Å². The van der Waals surface area contributed by atoms with Crippen molar-refractivity contribution in [2.24, 2.45) is 0 Å². The molecule has 0 saturated heterocycles. The molecule has 10 heteroatoms. The highest BCUT2D eigenvalue weighted by Crippen LogP contribution is 2.39. The van der Waals surface area contributed by atoms with Crippen molar-refractivity contribution in [3.8, 4) is 11.5 Å². The fraction of sp³-hybridized carbons (Fsp3) is 0.278. The minimum Gasteiger partial charge on any atom is -0.454 e. The van der Waals surface area contributed by atoms with Gasteiger partial charge in [-0.3, -0.25) is 4.79 Å². The number of halogens is 1. The van der Waals surface area contributed by atoms with Gasteiger partial charge in [0.2, 0.25) is 16.8 Å². The summed E-state index contributed by atoms with van der Waals surface area (Å²) < 4.78 is 42.5. The Morgan fingerprint density at radius 2 is 1.96 bits per heavy atom. The molecular weight excluding hydrogens is 408 g/mol. The first-order valence-corrected chi connectivity index (χ1v) is 10.2. The maximum atomic E-state index is 12.5. The number of hydrogen-bond donors (Lipinski definition) is 2. The molecule has 8 nitrogen and oxygen atoms in total. The number of nitrogens with one attached hydrogen (secondary N) is 2. The number of methoxy groups -OCH3 is 1.